The van der Waals surface area contributed by atoms with E-state index in [-0.39, 0.29) is 27.9 Å². The van der Waals surface area contributed by atoms with Gasteiger partial charge in [0.05, 0.1) is 17.1 Å². The number of aromatic nitrogens is 5. The van der Waals surface area contributed by atoms with Gasteiger partial charge >= 0.3 is 6.18 Å². The zero-order valence-corrected chi connectivity index (χ0v) is 19.8. The van der Waals surface area contributed by atoms with Crippen molar-refractivity contribution in [2.75, 3.05) is 5.32 Å². The second-order valence-corrected chi connectivity index (χ2v) is 9.20. The SMILES string of the molecule is O=C(Nc1nn(Cc2ccc(Cl)cc2)cc1Cl)c1cc2nc(-c3cccs3)cc(C(F)(F)F)n2n1. The van der Waals surface area contributed by atoms with Crippen LogP contribution in [0.1, 0.15) is 21.7 Å². The number of carbonyl (C=O) groups is 1. The first-order chi connectivity index (χ1) is 16.7. The lowest BCUT2D eigenvalue weighted by atomic mass is 10.2. The lowest BCUT2D eigenvalue weighted by molar-refractivity contribution is -0.142. The van der Waals surface area contributed by atoms with E-state index in [1.165, 1.54) is 28.3 Å². The highest BCUT2D eigenvalue weighted by atomic mass is 35.5. The summed E-state index contributed by atoms with van der Waals surface area (Å²) in [6.07, 6.45) is -3.19. The molecule has 4 aromatic heterocycles. The van der Waals surface area contributed by atoms with Crippen molar-refractivity contribution in [1.29, 1.82) is 0 Å². The van der Waals surface area contributed by atoms with Gasteiger partial charge in [0, 0.05) is 17.3 Å². The fraction of sp³-hybridized carbons (Fsp3) is 0.0909. The maximum atomic E-state index is 13.7. The molecule has 1 amide bonds. The van der Waals surface area contributed by atoms with Gasteiger partial charge in [0.2, 0.25) is 0 Å². The number of rotatable bonds is 5. The molecule has 0 aliphatic heterocycles. The molecule has 0 unspecified atom stereocenters. The number of thiophene rings is 1. The maximum absolute atomic E-state index is 13.7. The Morgan fingerprint density at radius 1 is 1.09 bits per heavy atom. The zero-order valence-electron chi connectivity index (χ0n) is 17.4. The third-order valence-electron chi connectivity index (χ3n) is 4.93. The third-order valence-corrected chi connectivity index (χ3v) is 6.35. The highest BCUT2D eigenvalue weighted by Crippen LogP contribution is 2.33. The smallest absolute Gasteiger partial charge is 0.302 e. The first-order valence-electron chi connectivity index (χ1n) is 9.98. The van der Waals surface area contributed by atoms with Crippen LogP contribution in [-0.2, 0) is 12.7 Å². The maximum Gasteiger partial charge on any atom is 0.433 e. The van der Waals surface area contributed by atoms with E-state index in [9.17, 15) is 18.0 Å². The van der Waals surface area contributed by atoms with Gasteiger partial charge in [0.15, 0.2) is 22.9 Å². The third kappa shape index (κ3) is 4.88. The Labute approximate surface area is 209 Å². The Morgan fingerprint density at radius 2 is 1.86 bits per heavy atom. The van der Waals surface area contributed by atoms with E-state index in [4.69, 9.17) is 23.2 Å². The van der Waals surface area contributed by atoms with Crippen molar-refractivity contribution in [3.05, 3.63) is 87.1 Å². The summed E-state index contributed by atoms with van der Waals surface area (Å²) in [5, 5.41) is 13.1. The summed E-state index contributed by atoms with van der Waals surface area (Å²) >= 11 is 13.4. The molecule has 0 spiro atoms. The second kappa shape index (κ2) is 8.99. The lowest BCUT2D eigenvalue weighted by Crippen LogP contribution is -2.16. The van der Waals surface area contributed by atoms with E-state index < -0.39 is 17.8 Å². The van der Waals surface area contributed by atoms with E-state index in [1.54, 1.807) is 29.6 Å². The van der Waals surface area contributed by atoms with Crippen LogP contribution in [0, 0.1) is 0 Å². The van der Waals surface area contributed by atoms with Crippen molar-refractivity contribution >= 4 is 51.9 Å². The molecule has 5 aromatic rings. The summed E-state index contributed by atoms with van der Waals surface area (Å²) in [5.41, 5.74) is -0.396. The number of hydrogen-bond donors (Lipinski definition) is 1. The Morgan fingerprint density at radius 3 is 2.54 bits per heavy atom. The van der Waals surface area contributed by atoms with E-state index in [0.29, 0.717) is 21.0 Å². The molecule has 0 saturated carbocycles. The van der Waals surface area contributed by atoms with E-state index in [1.807, 2.05) is 12.1 Å². The number of benzene rings is 1. The van der Waals surface area contributed by atoms with Gasteiger partial charge in [-0.05, 0) is 35.2 Å². The number of hydrogen-bond acceptors (Lipinski definition) is 5. The number of nitrogens with one attached hydrogen (secondary N) is 1. The van der Waals surface area contributed by atoms with Crippen molar-refractivity contribution in [2.24, 2.45) is 0 Å². The molecule has 7 nitrogen and oxygen atoms in total. The molecule has 5 rings (SSSR count). The minimum absolute atomic E-state index is 0.0472. The van der Waals surface area contributed by atoms with Crippen LogP contribution in [0.4, 0.5) is 19.0 Å². The Balaban J connectivity index is 1.43. The molecule has 1 aromatic carbocycles. The molecule has 0 saturated heterocycles. The van der Waals surface area contributed by atoms with Crippen molar-refractivity contribution in [3.63, 3.8) is 0 Å². The average Bonchev–Trinajstić information content (AvgIpc) is 3.54. The number of nitrogens with zero attached hydrogens (tertiary/aromatic N) is 5. The van der Waals surface area contributed by atoms with Crippen LogP contribution in [0.5, 0.6) is 0 Å². The predicted octanol–water partition coefficient (Wildman–Crippen LogP) is 6.28. The molecule has 0 radical (unpaired) electrons. The van der Waals surface area contributed by atoms with E-state index >= 15 is 0 Å². The summed E-state index contributed by atoms with van der Waals surface area (Å²) in [5.74, 6) is -0.731. The molecule has 35 heavy (non-hydrogen) atoms. The molecule has 0 aliphatic rings. The van der Waals surface area contributed by atoms with Gasteiger partial charge in [0.1, 0.15) is 5.02 Å². The van der Waals surface area contributed by atoms with Crippen LogP contribution in [-0.4, -0.2) is 30.3 Å². The quantitative estimate of drug-likeness (QED) is 0.286. The van der Waals surface area contributed by atoms with Crippen LogP contribution in [0.3, 0.4) is 0 Å². The largest absolute Gasteiger partial charge is 0.433 e. The van der Waals surface area contributed by atoms with Crippen molar-refractivity contribution in [1.82, 2.24) is 24.4 Å². The van der Waals surface area contributed by atoms with Crippen LogP contribution in [0.25, 0.3) is 16.2 Å². The molecular weight excluding hydrogens is 524 g/mol. The molecule has 0 atom stereocenters. The van der Waals surface area contributed by atoms with Crippen molar-refractivity contribution in [2.45, 2.75) is 12.7 Å². The Bertz CT molecular complexity index is 1530. The average molecular weight is 537 g/mol. The molecular formula is C22H13Cl2F3N6OS. The molecule has 4 heterocycles. The highest BCUT2D eigenvalue weighted by Gasteiger charge is 2.36. The lowest BCUT2D eigenvalue weighted by Gasteiger charge is -2.10. The van der Waals surface area contributed by atoms with Gasteiger partial charge in [-0.25, -0.2) is 9.50 Å². The minimum Gasteiger partial charge on any atom is -0.302 e. The Kier molecular flexibility index (Phi) is 5.99. The fourth-order valence-electron chi connectivity index (χ4n) is 3.35. The van der Waals surface area contributed by atoms with Crippen molar-refractivity contribution < 1.29 is 18.0 Å². The minimum atomic E-state index is -4.71. The number of anilines is 1. The summed E-state index contributed by atoms with van der Waals surface area (Å²) in [4.78, 5) is 17.6. The van der Waals surface area contributed by atoms with Crippen LogP contribution >= 0.6 is 34.5 Å². The number of amides is 1. The fourth-order valence-corrected chi connectivity index (χ4v) is 4.36. The molecule has 0 fully saturated rings. The molecule has 0 aliphatic carbocycles. The number of fused-ring (bicyclic) bond motifs is 1. The van der Waals surface area contributed by atoms with Gasteiger partial charge < -0.3 is 5.32 Å². The monoisotopic (exact) mass is 536 g/mol. The first kappa shape index (κ1) is 23.3. The summed E-state index contributed by atoms with van der Waals surface area (Å²) in [6, 6.07) is 12.6. The van der Waals surface area contributed by atoms with Crippen LogP contribution in [0.15, 0.2) is 60.1 Å². The number of alkyl halides is 3. The first-order valence-corrected chi connectivity index (χ1v) is 11.6. The molecule has 178 valence electrons. The van der Waals surface area contributed by atoms with E-state index in [2.05, 4.69) is 20.5 Å². The van der Waals surface area contributed by atoms with Gasteiger partial charge in [-0.1, -0.05) is 41.4 Å². The normalized spacial score (nSPS) is 11.8. The second-order valence-electron chi connectivity index (χ2n) is 7.41. The summed E-state index contributed by atoms with van der Waals surface area (Å²) in [7, 11) is 0. The molecule has 1 N–H and O–H groups in total. The number of halogens is 5. The standard InChI is InChI=1S/C22H13Cl2F3N6OS/c23-13-5-3-12(4-6-13)10-32-11-14(24)20(31-32)29-21(34)16-9-19-28-15(17-2-1-7-35-17)8-18(22(25,26)27)33(19)30-16/h1-9,11H,10H2,(H,29,31,34). The van der Waals surface area contributed by atoms with Gasteiger partial charge in [-0.2, -0.15) is 23.4 Å². The van der Waals surface area contributed by atoms with Gasteiger partial charge in [-0.3, -0.25) is 9.48 Å². The number of carbonyl (C=O) groups excluding carboxylic acids is 1. The highest BCUT2D eigenvalue weighted by molar-refractivity contribution is 7.13. The zero-order chi connectivity index (χ0) is 24.7. The summed E-state index contributed by atoms with van der Waals surface area (Å²) < 4.78 is 43.3. The van der Waals surface area contributed by atoms with Crippen LogP contribution < -0.4 is 5.32 Å². The summed E-state index contributed by atoms with van der Waals surface area (Å²) in [6.45, 7) is 0.367. The molecule has 0 bridgehead atoms. The topological polar surface area (TPSA) is 77.1 Å². The predicted molar refractivity (Wildman–Crippen MR) is 127 cm³/mol. The van der Waals surface area contributed by atoms with Gasteiger partial charge in [-0.15, -0.1) is 11.3 Å². The Hall–Kier alpha value is -3.41. The van der Waals surface area contributed by atoms with E-state index in [0.717, 1.165) is 11.6 Å². The van der Waals surface area contributed by atoms with Gasteiger partial charge in [0.25, 0.3) is 5.91 Å². The van der Waals surface area contributed by atoms with Crippen molar-refractivity contribution in [3.8, 4) is 10.6 Å². The van der Waals surface area contributed by atoms with Crippen LogP contribution in [0.2, 0.25) is 10.0 Å². The molecule has 13 heteroatoms.